The van der Waals surface area contributed by atoms with Crippen molar-refractivity contribution in [3.63, 3.8) is 0 Å². The fourth-order valence-electron chi connectivity index (χ4n) is 3.84. The number of guanidine groups is 1. The van der Waals surface area contributed by atoms with E-state index in [1.807, 2.05) is 6.07 Å². The van der Waals surface area contributed by atoms with Crippen LogP contribution in [-0.2, 0) is 9.73 Å². The van der Waals surface area contributed by atoms with Gasteiger partial charge in [0.25, 0.3) is 0 Å². The summed E-state index contributed by atoms with van der Waals surface area (Å²) in [6.45, 7) is 1.69. The Morgan fingerprint density at radius 2 is 1.66 bits per heavy atom. The summed E-state index contributed by atoms with van der Waals surface area (Å²) >= 11 is 0. The maximum absolute atomic E-state index is 13.3. The van der Waals surface area contributed by atoms with E-state index < -0.39 is 9.73 Å². The van der Waals surface area contributed by atoms with Crippen molar-refractivity contribution in [2.75, 3.05) is 33.6 Å². The summed E-state index contributed by atoms with van der Waals surface area (Å²) in [5, 5.41) is 0. The zero-order chi connectivity index (χ0) is 19.7. The Labute approximate surface area is 178 Å². The van der Waals surface area contributed by atoms with Gasteiger partial charge in [-0.1, -0.05) is 30.3 Å². The van der Waals surface area contributed by atoms with E-state index in [0.717, 1.165) is 25.9 Å². The van der Waals surface area contributed by atoms with Crippen LogP contribution in [0.5, 0.6) is 11.5 Å². The van der Waals surface area contributed by atoms with Gasteiger partial charge in [0.15, 0.2) is 11.5 Å². The highest BCUT2D eigenvalue weighted by Crippen LogP contribution is 2.40. The SMILES string of the molecule is COc1cc2c(cc1OC)S(C)(=O)=NC(N1CCC(c3ccccc3)CC1)=N2.Cl. The molecule has 4 rings (SSSR count). The summed E-state index contributed by atoms with van der Waals surface area (Å²) < 4.78 is 28.5. The summed E-state index contributed by atoms with van der Waals surface area (Å²) in [7, 11) is 0.549. The molecule has 0 spiro atoms. The van der Waals surface area contributed by atoms with Gasteiger partial charge in [0, 0.05) is 31.5 Å². The topological polar surface area (TPSA) is 63.5 Å². The molecule has 0 N–H and O–H groups in total. The van der Waals surface area contributed by atoms with Gasteiger partial charge < -0.3 is 14.4 Å². The van der Waals surface area contributed by atoms with E-state index in [4.69, 9.17) is 14.5 Å². The Morgan fingerprint density at radius 3 is 2.28 bits per heavy atom. The maximum Gasteiger partial charge on any atom is 0.234 e. The smallest absolute Gasteiger partial charge is 0.234 e. The molecule has 2 aromatic carbocycles. The van der Waals surface area contributed by atoms with Crippen LogP contribution in [0.3, 0.4) is 0 Å². The highest BCUT2D eigenvalue weighted by Gasteiger charge is 2.28. The third-order valence-electron chi connectivity index (χ3n) is 5.40. The standard InChI is InChI=1S/C21H25N3O3S.ClH/c1-26-18-13-17-20(14-19(18)27-2)28(3,25)23-21(22-17)24-11-9-16(10-12-24)15-7-5-4-6-8-15;/h4-8,13-14,16H,9-12H2,1-3H3;1H. The second-order valence-electron chi connectivity index (χ2n) is 7.15. The molecule has 156 valence electrons. The van der Waals surface area contributed by atoms with Crippen LogP contribution in [0.1, 0.15) is 24.3 Å². The molecule has 0 bridgehead atoms. The van der Waals surface area contributed by atoms with Crippen LogP contribution in [0.15, 0.2) is 56.7 Å². The van der Waals surface area contributed by atoms with Crippen LogP contribution in [-0.4, -0.2) is 48.6 Å². The first-order chi connectivity index (χ1) is 13.5. The highest BCUT2D eigenvalue weighted by molar-refractivity contribution is 7.93. The lowest BCUT2D eigenvalue weighted by molar-refractivity contribution is 0.310. The van der Waals surface area contributed by atoms with Crippen LogP contribution in [0.25, 0.3) is 0 Å². The van der Waals surface area contributed by atoms with E-state index in [9.17, 15) is 4.21 Å². The van der Waals surface area contributed by atoms with Crippen molar-refractivity contribution < 1.29 is 13.7 Å². The van der Waals surface area contributed by atoms with Gasteiger partial charge in [-0.25, -0.2) is 9.20 Å². The molecular weight excluding hydrogens is 410 g/mol. The molecule has 2 aromatic rings. The fraction of sp³-hybridized carbons (Fsp3) is 0.381. The lowest BCUT2D eigenvalue weighted by atomic mass is 9.90. The highest BCUT2D eigenvalue weighted by atomic mass is 35.5. The minimum atomic E-state index is -2.60. The molecule has 2 heterocycles. The molecule has 0 saturated carbocycles. The third-order valence-corrected chi connectivity index (χ3v) is 7.05. The van der Waals surface area contributed by atoms with Crippen molar-refractivity contribution in [2.24, 2.45) is 9.36 Å². The number of halogens is 1. The Morgan fingerprint density at radius 1 is 1.03 bits per heavy atom. The van der Waals surface area contributed by atoms with Gasteiger partial charge in [0.1, 0.15) is 0 Å². The molecule has 1 unspecified atom stereocenters. The number of fused-ring (bicyclic) bond motifs is 1. The van der Waals surface area contributed by atoms with Gasteiger partial charge in [-0.05, 0) is 24.3 Å². The van der Waals surface area contributed by atoms with Crippen LogP contribution in [0.4, 0.5) is 5.69 Å². The number of methoxy groups -OCH3 is 2. The Bertz CT molecular complexity index is 1020. The molecule has 29 heavy (non-hydrogen) atoms. The predicted octanol–water partition coefficient (Wildman–Crippen LogP) is 4.46. The summed E-state index contributed by atoms with van der Waals surface area (Å²) in [5.41, 5.74) is 2.02. The maximum atomic E-state index is 13.3. The molecule has 6 nitrogen and oxygen atoms in total. The zero-order valence-electron chi connectivity index (χ0n) is 16.8. The second-order valence-corrected chi connectivity index (χ2v) is 9.38. The van der Waals surface area contributed by atoms with Gasteiger partial charge >= 0.3 is 0 Å². The molecule has 0 radical (unpaired) electrons. The Hall–Kier alpha value is -2.25. The molecular formula is C21H26ClN3O3S. The van der Waals surface area contributed by atoms with Crippen LogP contribution in [0, 0.1) is 0 Å². The van der Waals surface area contributed by atoms with Gasteiger partial charge in [-0.2, -0.15) is 4.36 Å². The molecule has 0 aliphatic carbocycles. The van der Waals surface area contributed by atoms with E-state index in [1.54, 1.807) is 32.6 Å². The van der Waals surface area contributed by atoms with Crippen molar-refractivity contribution in [3.8, 4) is 11.5 Å². The molecule has 0 aromatic heterocycles. The molecule has 2 aliphatic rings. The van der Waals surface area contributed by atoms with Crippen molar-refractivity contribution in [1.82, 2.24) is 4.90 Å². The second kappa shape index (κ2) is 8.63. The average Bonchev–Trinajstić information content (AvgIpc) is 2.73. The van der Waals surface area contributed by atoms with E-state index in [1.165, 1.54) is 5.56 Å². The molecule has 0 amide bonds. The molecule has 8 heteroatoms. The van der Waals surface area contributed by atoms with Crippen LogP contribution < -0.4 is 9.47 Å². The Kier molecular flexibility index (Phi) is 6.39. The lowest BCUT2D eigenvalue weighted by Gasteiger charge is -2.34. The number of rotatable bonds is 3. The van der Waals surface area contributed by atoms with Crippen molar-refractivity contribution in [2.45, 2.75) is 23.7 Å². The van der Waals surface area contributed by atoms with Gasteiger partial charge in [0.2, 0.25) is 5.96 Å². The summed E-state index contributed by atoms with van der Waals surface area (Å²) in [5.74, 6) is 2.21. The minimum absolute atomic E-state index is 0. The normalized spacial score (nSPS) is 21.3. The quantitative estimate of drug-likeness (QED) is 0.713. The monoisotopic (exact) mass is 435 g/mol. The van der Waals surface area contributed by atoms with Crippen LogP contribution >= 0.6 is 12.4 Å². The number of aliphatic imine (C=N–C) groups is 1. The lowest BCUT2D eigenvalue weighted by Crippen LogP contribution is -2.38. The van der Waals surface area contributed by atoms with E-state index in [-0.39, 0.29) is 12.4 Å². The van der Waals surface area contributed by atoms with E-state index in [0.29, 0.717) is 34.0 Å². The van der Waals surface area contributed by atoms with Crippen molar-refractivity contribution in [1.29, 1.82) is 0 Å². The van der Waals surface area contributed by atoms with E-state index in [2.05, 4.69) is 33.5 Å². The van der Waals surface area contributed by atoms with Crippen molar-refractivity contribution >= 4 is 33.8 Å². The first-order valence-corrected chi connectivity index (χ1v) is 11.3. The van der Waals surface area contributed by atoms with E-state index >= 15 is 0 Å². The van der Waals surface area contributed by atoms with Crippen molar-refractivity contribution in [3.05, 3.63) is 48.0 Å². The minimum Gasteiger partial charge on any atom is -0.493 e. The number of hydrogen-bond donors (Lipinski definition) is 0. The molecule has 1 fully saturated rings. The molecule has 2 aliphatic heterocycles. The number of likely N-dealkylation sites (tertiary alicyclic amines) is 1. The fourth-order valence-corrected chi connectivity index (χ4v) is 5.22. The summed E-state index contributed by atoms with van der Waals surface area (Å²) in [4.78, 5) is 7.44. The predicted molar refractivity (Wildman–Crippen MR) is 119 cm³/mol. The first kappa shape index (κ1) is 21.5. The zero-order valence-corrected chi connectivity index (χ0v) is 18.5. The molecule has 1 atom stereocenters. The van der Waals surface area contributed by atoms with Crippen LogP contribution in [0.2, 0.25) is 0 Å². The largest absolute Gasteiger partial charge is 0.493 e. The number of benzene rings is 2. The molecule has 1 saturated heterocycles. The van der Waals surface area contributed by atoms with Gasteiger partial charge in [0.05, 0.1) is 34.5 Å². The van der Waals surface area contributed by atoms with Gasteiger partial charge in [-0.15, -0.1) is 12.4 Å². The number of hydrogen-bond acceptors (Lipinski definition) is 6. The average molecular weight is 436 g/mol. The Balaban J connectivity index is 0.00000240. The van der Waals surface area contributed by atoms with Gasteiger partial charge in [-0.3, -0.25) is 0 Å². The first-order valence-electron chi connectivity index (χ1n) is 9.38. The summed E-state index contributed by atoms with van der Waals surface area (Å²) in [6, 6.07) is 14.1. The number of piperidine rings is 1. The summed E-state index contributed by atoms with van der Waals surface area (Å²) in [6.07, 6.45) is 3.72. The number of nitrogens with zero attached hydrogens (tertiary/aromatic N) is 3. The number of ether oxygens (including phenoxy) is 2. The third kappa shape index (κ3) is 4.21.